The summed E-state index contributed by atoms with van der Waals surface area (Å²) in [5.74, 6) is 5.33. The van der Waals surface area contributed by atoms with Gasteiger partial charge in [-0.25, -0.2) is 8.42 Å². The molecule has 0 fully saturated rings. The molecule has 0 atom stereocenters. The maximum Gasteiger partial charge on any atom is 0.306 e. The van der Waals surface area contributed by atoms with E-state index in [2.05, 4.69) is 21.3 Å². The number of rotatable bonds is 6. The Morgan fingerprint density at radius 3 is 2.52 bits per heavy atom. The van der Waals surface area contributed by atoms with Crippen LogP contribution in [0.3, 0.4) is 0 Å². The van der Waals surface area contributed by atoms with Crippen LogP contribution in [0.5, 0.6) is 0 Å². The van der Waals surface area contributed by atoms with E-state index in [1.54, 1.807) is 42.5 Å². The third kappa shape index (κ3) is 6.02. The topological polar surface area (TPSA) is 72.5 Å². The summed E-state index contributed by atoms with van der Waals surface area (Å²) in [5, 5.41) is 0.433. The van der Waals surface area contributed by atoms with E-state index in [9.17, 15) is 13.2 Å². The molecule has 5 nitrogen and oxygen atoms in total. The molecule has 2 aromatic rings. The van der Waals surface area contributed by atoms with E-state index in [0.29, 0.717) is 22.7 Å². The number of anilines is 1. The number of methoxy groups -OCH3 is 1. The molecule has 0 aliphatic heterocycles. The normalized spacial score (nSPS) is 10.6. The van der Waals surface area contributed by atoms with Crippen molar-refractivity contribution in [3.63, 3.8) is 0 Å². The van der Waals surface area contributed by atoms with Crippen molar-refractivity contribution in [3.8, 4) is 11.8 Å². The first kappa shape index (κ1) is 20.8. The van der Waals surface area contributed by atoms with Crippen molar-refractivity contribution in [1.82, 2.24) is 0 Å². The van der Waals surface area contributed by atoms with Crippen LogP contribution in [0.25, 0.3) is 0 Å². The molecule has 0 unspecified atom stereocenters. The zero-order chi connectivity index (χ0) is 19.9. The lowest BCUT2D eigenvalue weighted by atomic mass is 10.2. The molecule has 0 saturated heterocycles. The van der Waals surface area contributed by atoms with Gasteiger partial charge in [0.05, 0.1) is 29.7 Å². The Balaban J connectivity index is 2.24. The number of benzene rings is 2. The molecule has 1 N–H and O–H groups in total. The summed E-state index contributed by atoms with van der Waals surface area (Å²) in [6.07, 6.45) is 1.29. The van der Waals surface area contributed by atoms with E-state index in [0.717, 1.165) is 12.0 Å². The van der Waals surface area contributed by atoms with E-state index in [-0.39, 0.29) is 17.3 Å². The van der Waals surface area contributed by atoms with E-state index in [1.165, 1.54) is 7.11 Å². The molecule has 0 bridgehead atoms. The minimum Gasteiger partial charge on any atom is -0.469 e. The number of aryl methyl sites for hydroxylation is 1. The first-order chi connectivity index (χ1) is 12.9. The van der Waals surface area contributed by atoms with Crippen molar-refractivity contribution < 1.29 is 17.9 Å². The second-order valence-electron chi connectivity index (χ2n) is 5.67. The van der Waals surface area contributed by atoms with Crippen LogP contribution < -0.4 is 4.72 Å². The van der Waals surface area contributed by atoms with Gasteiger partial charge in [-0.3, -0.25) is 9.52 Å². The molecule has 2 aromatic carbocycles. The second kappa shape index (κ2) is 9.45. The summed E-state index contributed by atoms with van der Waals surface area (Å²) in [6, 6.07) is 11.4. The molecule has 0 aliphatic carbocycles. The monoisotopic (exact) mass is 405 g/mol. The highest BCUT2D eigenvalue weighted by molar-refractivity contribution is 7.92. The van der Waals surface area contributed by atoms with Gasteiger partial charge in [0.15, 0.2) is 0 Å². The molecular weight excluding hydrogens is 386 g/mol. The van der Waals surface area contributed by atoms with Crippen LogP contribution in [-0.4, -0.2) is 21.5 Å². The molecule has 7 heteroatoms. The Labute approximate surface area is 164 Å². The lowest BCUT2D eigenvalue weighted by Crippen LogP contribution is -2.13. The van der Waals surface area contributed by atoms with Crippen molar-refractivity contribution >= 4 is 33.3 Å². The number of nitrogens with one attached hydrogen (secondary N) is 1. The fraction of sp³-hybridized carbons (Fsp3) is 0.250. The Morgan fingerprint density at radius 2 is 1.89 bits per heavy atom. The van der Waals surface area contributed by atoms with Crippen molar-refractivity contribution in [2.45, 2.75) is 31.1 Å². The van der Waals surface area contributed by atoms with Crippen LogP contribution in [-0.2, 0) is 26.0 Å². The van der Waals surface area contributed by atoms with Crippen LogP contribution in [0.15, 0.2) is 47.4 Å². The maximum absolute atomic E-state index is 12.6. The SMILES string of the molecule is CCc1ccc(S(=O)(=O)Nc2ccc(Cl)cc2C#CCCC(=O)OC)cc1. The quantitative estimate of drug-likeness (QED) is 0.582. The molecule has 0 saturated carbocycles. The highest BCUT2D eigenvalue weighted by atomic mass is 35.5. The van der Waals surface area contributed by atoms with E-state index >= 15 is 0 Å². The predicted molar refractivity (Wildman–Crippen MR) is 106 cm³/mol. The number of ether oxygens (including phenoxy) is 1. The highest BCUT2D eigenvalue weighted by Crippen LogP contribution is 2.23. The minimum atomic E-state index is -3.76. The van der Waals surface area contributed by atoms with Gasteiger partial charge in [-0.1, -0.05) is 42.5 Å². The van der Waals surface area contributed by atoms with Crippen molar-refractivity contribution in [3.05, 3.63) is 58.6 Å². The average Bonchev–Trinajstić information content (AvgIpc) is 2.66. The largest absolute Gasteiger partial charge is 0.469 e. The summed E-state index contributed by atoms with van der Waals surface area (Å²) >= 11 is 6.01. The molecule has 0 heterocycles. The van der Waals surface area contributed by atoms with Crippen LogP contribution in [0, 0.1) is 11.8 Å². The Hall–Kier alpha value is -2.49. The van der Waals surface area contributed by atoms with Crippen molar-refractivity contribution in [2.24, 2.45) is 0 Å². The Bertz CT molecular complexity index is 973. The van der Waals surface area contributed by atoms with Gasteiger partial charge in [0, 0.05) is 11.4 Å². The van der Waals surface area contributed by atoms with Crippen LogP contribution in [0.4, 0.5) is 5.69 Å². The van der Waals surface area contributed by atoms with Gasteiger partial charge in [0.25, 0.3) is 10.0 Å². The van der Waals surface area contributed by atoms with Crippen LogP contribution in [0.1, 0.15) is 30.9 Å². The second-order valence-corrected chi connectivity index (χ2v) is 7.79. The molecule has 2 rings (SSSR count). The highest BCUT2D eigenvalue weighted by Gasteiger charge is 2.15. The fourth-order valence-corrected chi connectivity index (χ4v) is 3.49. The minimum absolute atomic E-state index is 0.162. The summed E-state index contributed by atoms with van der Waals surface area (Å²) in [5.41, 5.74) is 1.81. The van der Waals surface area contributed by atoms with Gasteiger partial charge < -0.3 is 4.74 Å². The summed E-state index contributed by atoms with van der Waals surface area (Å²) in [7, 11) is -2.44. The van der Waals surface area contributed by atoms with Crippen LogP contribution in [0.2, 0.25) is 5.02 Å². The number of hydrogen-bond donors (Lipinski definition) is 1. The average molecular weight is 406 g/mol. The van der Waals surface area contributed by atoms with Gasteiger partial charge >= 0.3 is 5.97 Å². The molecule has 0 aromatic heterocycles. The predicted octanol–water partition coefficient (Wildman–Crippen LogP) is 4.01. The standard InChI is InChI=1S/C20H20ClNO4S/c1-3-15-8-11-18(12-9-15)27(24,25)22-19-13-10-17(21)14-16(19)6-4-5-7-20(23)26-2/h8-14,22H,3,5,7H2,1-2H3. The van der Waals surface area contributed by atoms with E-state index in [4.69, 9.17) is 11.6 Å². The number of esters is 1. The number of halogens is 1. The van der Waals surface area contributed by atoms with Crippen LogP contribution >= 0.6 is 11.6 Å². The molecule has 142 valence electrons. The Kier molecular flexibility index (Phi) is 7.28. The third-order valence-corrected chi connectivity index (χ3v) is 5.39. The van der Waals surface area contributed by atoms with Gasteiger partial charge in [0.2, 0.25) is 0 Å². The molecule has 0 spiro atoms. The molecule has 0 aliphatic rings. The van der Waals surface area contributed by atoms with Gasteiger partial charge in [-0.15, -0.1) is 0 Å². The fourth-order valence-electron chi connectivity index (χ4n) is 2.24. The van der Waals surface area contributed by atoms with Gasteiger partial charge in [0.1, 0.15) is 0 Å². The number of carbonyl (C=O) groups is 1. The van der Waals surface area contributed by atoms with E-state index < -0.39 is 10.0 Å². The third-order valence-electron chi connectivity index (χ3n) is 3.77. The molecular formula is C20H20ClNO4S. The summed E-state index contributed by atoms with van der Waals surface area (Å²) in [4.78, 5) is 11.3. The first-order valence-corrected chi connectivity index (χ1v) is 10.2. The zero-order valence-corrected chi connectivity index (χ0v) is 16.7. The lowest BCUT2D eigenvalue weighted by molar-refractivity contribution is -0.140. The summed E-state index contributed by atoms with van der Waals surface area (Å²) < 4.78 is 32.4. The smallest absolute Gasteiger partial charge is 0.306 e. The molecule has 27 heavy (non-hydrogen) atoms. The Morgan fingerprint density at radius 1 is 1.19 bits per heavy atom. The first-order valence-electron chi connectivity index (χ1n) is 8.32. The number of hydrogen-bond acceptors (Lipinski definition) is 4. The number of sulfonamides is 1. The van der Waals surface area contributed by atoms with Gasteiger partial charge in [-0.05, 0) is 42.3 Å². The summed E-state index contributed by atoms with van der Waals surface area (Å²) in [6.45, 7) is 2.00. The van der Waals surface area contributed by atoms with Crippen molar-refractivity contribution in [1.29, 1.82) is 0 Å². The van der Waals surface area contributed by atoms with E-state index in [1.807, 2.05) is 6.92 Å². The molecule has 0 amide bonds. The number of carbonyl (C=O) groups excluding carboxylic acids is 1. The molecule has 0 radical (unpaired) electrons. The lowest BCUT2D eigenvalue weighted by Gasteiger charge is -2.11. The van der Waals surface area contributed by atoms with Gasteiger partial charge in [-0.2, -0.15) is 0 Å². The van der Waals surface area contributed by atoms with Crippen molar-refractivity contribution in [2.75, 3.05) is 11.8 Å². The maximum atomic E-state index is 12.6. The zero-order valence-electron chi connectivity index (χ0n) is 15.1.